The molecule has 0 heterocycles. The Morgan fingerprint density at radius 2 is 2.00 bits per heavy atom. The zero-order valence-corrected chi connectivity index (χ0v) is 15.0. The Bertz CT molecular complexity index is 886. The van der Waals surface area contributed by atoms with Crippen molar-refractivity contribution in [1.29, 1.82) is 0 Å². The summed E-state index contributed by atoms with van der Waals surface area (Å²) in [6.45, 7) is -2.75. The van der Waals surface area contributed by atoms with Gasteiger partial charge in [-0.3, -0.25) is 14.9 Å². The molecule has 2 aromatic carbocycles. The van der Waals surface area contributed by atoms with Gasteiger partial charge in [-0.2, -0.15) is 8.78 Å². The molecule has 0 spiro atoms. The van der Waals surface area contributed by atoms with Gasteiger partial charge in [0.25, 0.3) is 11.6 Å². The maximum Gasteiger partial charge on any atom is 0.387 e. The summed E-state index contributed by atoms with van der Waals surface area (Å²) < 4.78 is 34.4. The number of rotatable bonds is 8. The maximum absolute atomic E-state index is 12.9. The van der Waals surface area contributed by atoms with E-state index in [0.29, 0.717) is 5.56 Å². The number of benzene rings is 2. The summed E-state index contributed by atoms with van der Waals surface area (Å²) in [5.74, 6) is -0.279. The molecule has 1 amide bonds. The number of amides is 1. The van der Waals surface area contributed by atoms with Crippen LogP contribution in [-0.2, 0) is 6.54 Å². The molecule has 0 bridgehead atoms. The van der Waals surface area contributed by atoms with Crippen molar-refractivity contribution in [2.45, 2.75) is 32.0 Å². The molecule has 148 valence electrons. The number of non-ortho nitro benzene ring substituents is 1. The van der Waals surface area contributed by atoms with Gasteiger partial charge in [0.1, 0.15) is 0 Å². The van der Waals surface area contributed by atoms with E-state index in [1.54, 1.807) is 11.0 Å². The number of nitro groups is 1. The van der Waals surface area contributed by atoms with Crippen LogP contribution in [0.2, 0.25) is 0 Å². The lowest BCUT2D eigenvalue weighted by molar-refractivity contribution is -0.384. The fourth-order valence-electron chi connectivity index (χ4n) is 2.87. The topological polar surface area (TPSA) is 81.9 Å². The van der Waals surface area contributed by atoms with Crippen LogP contribution in [0.5, 0.6) is 11.5 Å². The first-order valence-electron chi connectivity index (χ1n) is 8.56. The largest absolute Gasteiger partial charge is 0.493 e. The van der Waals surface area contributed by atoms with Crippen molar-refractivity contribution in [2.24, 2.45) is 0 Å². The summed E-state index contributed by atoms with van der Waals surface area (Å²) in [6.07, 6.45) is 1.68. The smallest absolute Gasteiger partial charge is 0.387 e. The van der Waals surface area contributed by atoms with Crippen molar-refractivity contribution in [2.75, 3.05) is 7.11 Å². The Labute approximate surface area is 159 Å². The minimum absolute atomic E-state index is 0.0368. The quantitative estimate of drug-likeness (QED) is 0.501. The number of carbonyl (C=O) groups is 1. The minimum Gasteiger partial charge on any atom is -0.493 e. The van der Waals surface area contributed by atoms with E-state index >= 15 is 0 Å². The van der Waals surface area contributed by atoms with Crippen LogP contribution in [0.25, 0.3) is 0 Å². The Hall–Kier alpha value is -3.23. The number of alkyl halides is 2. The van der Waals surface area contributed by atoms with Crippen molar-refractivity contribution in [3.8, 4) is 11.5 Å². The highest BCUT2D eigenvalue weighted by Gasteiger charge is 2.33. The van der Waals surface area contributed by atoms with Gasteiger partial charge in [-0.15, -0.1) is 0 Å². The molecule has 28 heavy (non-hydrogen) atoms. The SMILES string of the molecule is COc1cc(CN(C(=O)c2cccc([N+](=O)[O-])c2)C2CC2)ccc1OC(F)F. The number of methoxy groups -OCH3 is 1. The van der Waals surface area contributed by atoms with Gasteiger partial charge >= 0.3 is 6.61 Å². The number of carbonyl (C=O) groups excluding carboxylic acids is 1. The third-order valence-corrected chi connectivity index (χ3v) is 4.35. The summed E-state index contributed by atoms with van der Waals surface area (Å²) in [5.41, 5.74) is 0.742. The van der Waals surface area contributed by atoms with Gasteiger partial charge < -0.3 is 14.4 Å². The Morgan fingerprint density at radius 1 is 1.25 bits per heavy atom. The molecular weight excluding hydrogens is 374 g/mol. The molecule has 9 heteroatoms. The van der Waals surface area contributed by atoms with Gasteiger partial charge in [0.2, 0.25) is 0 Å². The molecule has 1 aliphatic rings. The molecule has 1 aliphatic carbocycles. The van der Waals surface area contributed by atoms with E-state index in [0.717, 1.165) is 12.8 Å². The molecule has 0 atom stereocenters. The first-order valence-corrected chi connectivity index (χ1v) is 8.56. The van der Waals surface area contributed by atoms with Gasteiger partial charge in [-0.25, -0.2) is 0 Å². The lowest BCUT2D eigenvalue weighted by Gasteiger charge is -2.23. The second kappa shape index (κ2) is 8.20. The van der Waals surface area contributed by atoms with Crippen LogP contribution < -0.4 is 9.47 Å². The highest BCUT2D eigenvalue weighted by molar-refractivity contribution is 5.95. The number of halogens is 2. The number of nitro benzene ring substituents is 1. The highest BCUT2D eigenvalue weighted by atomic mass is 19.3. The van der Waals surface area contributed by atoms with E-state index in [9.17, 15) is 23.7 Å². The number of ether oxygens (including phenoxy) is 2. The first kappa shape index (κ1) is 19.5. The maximum atomic E-state index is 12.9. The standard InChI is InChI=1S/C19H18F2N2O5/c1-27-17-9-12(5-8-16(17)28-19(20)21)11-22(14-6-7-14)18(24)13-3-2-4-15(10-13)23(25)26/h2-5,8-10,14,19H,6-7,11H2,1H3. The van der Waals surface area contributed by atoms with Crippen molar-refractivity contribution in [1.82, 2.24) is 4.90 Å². The van der Waals surface area contributed by atoms with E-state index in [-0.39, 0.29) is 41.2 Å². The number of hydrogen-bond donors (Lipinski definition) is 0. The molecule has 0 saturated heterocycles. The molecule has 0 aromatic heterocycles. The Morgan fingerprint density at radius 3 is 2.61 bits per heavy atom. The third kappa shape index (κ3) is 4.54. The zero-order chi connectivity index (χ0) is 20.3. The van der Waals surface area contributed by atoms with Gasteiger partial charge in [-0.05, 0) is 36.6 Å². The average Bonchev–Trinajstić information content (AvgIpc) is 3.51. The second-order valence-electron chi connectivity index (χ2n) is 6.34. The van der Waals surface area contributed by atoms with E-state index in [2.05, 4.69) is 4.74 Å². The zero-order valence-electron chi connectivity index (χ0n) is 15.0. The van der Waals surface area contributed by atoms with E-state index < -0.39 is 11.5 Å². The first-order chi connectivity index (χ1) is 13.4. The molecule has 1 fully saturated rings. The summed E-state index contributed by atoms with van der Waals surface area (Å²) in [5, 5.41) is 11.0. The van der Waals surface area contributed by atoms with Crippen LogP contribution in [0.4, 0.5) is 14.5 Å². The molecule has 2 aromatic rings. The number of hydrogen-bond acceptors (Lipinski definition) is 5. The number of nitrogens with zero attached hydrogens (tertiary/aromatic N) is 2. The molecule has 3 rings (SSSR count). The van der Waals surface area contributed by atoms with E-state index in [1.165, 1.54) is 43.5 Å². The fourth-order valence-corrected chi connectivity index (χ4v) is 2.87. The van der Waals surface area contributed by atoms with E-state index in [4.69, 9.17) is 4.74 Å². The molecule has 1 saturated carbocycles. The lowest BCUT2D eigenvalue weighted by Crippen LogP contribution is -2.32. The van der Waals surface area contributed by atoms with Gasteiger partial charge in [0.05, 0.1) is 12.0 Å². The highest BCUT2D eigenvalue weighted by Crippen LogP contribution is 2.33. The summed E-state index contributed by atoms with van der Waals surface area (Å²) >= 11 is 0. The third-order valence-electron chi connectivity index (χ3n) is 4.35. The fraction of sp³-hybridized carbons (Fsp3) is 0.316. The molecule has 0 unspecified atom stereocenters. The van der Waals surface area contributed by atoms with E-state index in [1.807, 2.05) is 0 Å². The minimum atomic E-state index is -2.97. The predicted octanol–water partition coefficient (Wildman–Crippen LogP) is 4.01. The molecule has 0 aliphatic heterocycles. The van der Waals surface area contributed by atoms with Gasteiger partial charge in [-0.1, -0.05) is 12.1 Å². The van der Waals surface area contributed by atoms with Crippen molar-refractivity contribution in [3.63, 3.8) is 0 Å². The van der Waals surface area contributed by atoms with Crippen molar-refractivity contribution >= 4 is 11.6 Å². The van der Waals surface area contributed by atoms with Crippen LogP contribution in [-0.4, -0.2) is 35.5 Å². The average molecular weight is 392 g/mol. The predicted molar refractivity (Wildman–Crippen MR) is 95.6 cm³/mol. The molecular formula is C19H18F2N2O5. The molecule has 0 radical (unpaired) electrons. The van der Waals surface area contributed by atoms with Crippen LogP contribution in [0.15, 0.2) is 42.5 Å². The van der Waals surface area contributed by atoms with Gasteiger partial charge in [0, 0.05) is 30.3 Å². The normalized spacial score (nSPS) is 13.3. The second-order valence-corrected chi connectivity index (χ2v) is 6.34. The molecule has 7 nitrogen and oxygen atoms in total. The monoisotopic (exact) mass is 392 g/mol. The van der Waals surface area contributed by atoms with Crippen LogP contribution >= 0.6 is 0 Å². The Balaban J connectivity index is 1.83. The summed E-state index contributed by atoms with van der Waals surface area (Å²) in [6, 6.07) is 10.1. The molecule has 0 N–H and O–H groups in total. The summed E-state index contributed by atoms with van der Waals surface area (Å²) in [7, 11) is 1.34. The van der Waals surface area contributed by atoms with Crippen LogP contribution in [0, 0.1) is 10.1 Å². The van der Waals surface area contributed by atoms with Gasteiger partial charge in [0.15, 0.2) is 11.5 Å². The Kier molecular flexibility index (Phi) is 5.72. The van der Waals surface area contributed by atoms with Crippen LogP contribution in [0.1, 0.15) is 28.8 Å². The van der Waals surface area contributed by atoms with Crippen molar-refractivity contribution in [3.05, 3.63) is 63.7 Å². The lowest BCUT2D eigenvalue weighted by atomic mass is 10.1. The van der Waals surface area contributed by atoms with Crippen LogP contribution in [0.3, 0.4) is 0 Å². The van der Waals surface area contributed by atoms with Crippen molar-refractivity contribution < 1.29 is 28.0 Å². The summed E-state index contributed by atoms with van der Waals surface area (Å²) in [4.78, 5) is 25.0.